The number of hydrogen-bond acceptors (Lipinski definition) is 4. The fourth-order valence-corrected chi connectivity index (χ4v) is 5.19. The number of benzene rings is 1. The Bertz CT molecular complexity index is 719. The van der Waals surface area contributed by atoms with Crippen LogP contribution in [0.4, 0.5) is 0 Å². The molecule has 29 heavy (non-hydrogen) atoms. The smallest absolute Gasteiger partial charge is 0.324 e. The molecule has 0 bridgehead atoms. The van der Waals surface area contributed by atoms with E-state index >= 15 is 0 Å². The van der Waals surface area contributed by atoms with Gasteiger partial charge in [-0.15, -0.1) is 0 Å². The van der Waals surface area contributed by atoms with Gasteiger partial charge in [0.1, 0.15) is 5.54 Å². The molecule has 0 unspecified atom stereocenters. The summed E-state index contributed by atoms with van der Waals surface area (Å²) in [5, 5.41) is 22.4. The summed E-state index contributed by atoms with van der Waals surface area (Å²) in [5.74, 6) is -0.879. The van der Waals surface area contributed by atoms with Crippen LogP contribution < -0.4 is 10.8 Å². The van der Waals surface area contributed by atoms with Gasteiger partial charge in [-0.3, -0.25) is 20.1 Å². The third kappa shape index (κ3) is 5.06. The zero-order valence-electron chi connectivity index (χ0n) is 16.9. The topological polar surface area (TPSA) is 98.7 Å². The normalized spacial score (nSPS) is 20.6. The minimum absolute atomic E-state index is 0.191. The molecule has 2 aliphatic carbocycles. The standard InChI is InChI=1S/C23H32N2O4/c26-21(25-29)15-14-17-10-12-18(13-11-17)16-24-23(22(27)28,20-8-4-5-9-20)19-6-2-1-3-7-19/h10-15,19-20,24,29H,1-9,16H2,(H,25,26)(H,27,28)/b15-14+/t23-/m0/s1. The molecule has 0 radical (unpaired) electrons. The Labute approximate surface area is 172 Å². The van der Waals surface area contributed by atoms with E-state index in [-0.39, 0.29) is 11.8 Å². The predicted molar refractivity (Wildman–Crippen MR) is 111 cm³/mol. The Balaban J connectivity index is 1.75. The van der Waals surface area contributed by atoms with E-state index in [4.69, 9.17) is 5.21 Å². The van der Waals surface area contributed by atoms with Crippen molar-refractivity contribution in [3.8, 4) is 0 Å². The number of carboxylic acid groups (broad SMARTS) is 1. The van der Waals surface area contributed by atoms with Crippen molar-refractivity contribution in [2.75, 3.05) is 0 Å². The van der Waals surface area contributed by atoms with Gasteiger partial charge in [-0.05, 0) is 54.7 Å². The number of amides is 1. The van der Waals surface area contributed by atoms with E-state index in [9.17, 15) is 14.7 Å². The number of rotatable bonds is 8. The minimum Gasteiger partial charge on any atom is -0.480 e. The second-order valence-corrected chi connectivity index (χ2v) is 8.40. The number of aliphatic carboxylic acids is 1. The average molecular weight is 401 g/mol. The zero-order chi connectivity index (χ0) is 20.7. The maximum atomic E-state index is 12.6. The number of carbonyl (C=O) groups excluding carboxylic acids is 1. The van der Waals surface area contributed by atoms with Crippen molar-refractivity contribution in [2.45, 2.75) is 69.9 Å². The summed E-state index contributed by atoms with van der Waals surface area (Å²) < 4.78 is 0. The van der Waals surface area contributed by atoms with E-state index in [1.54, 1.807) is 11.6 Å². The summed E-state index contributed by atoms with van der Waals surface area (Å²) in [6.45, 7) is 0.514. The quantitative estimate of drug-likeness (QED) is 0.301. The summed E-state index contributed by atoms with van der Waals surface area (Å²) in [4.78, 5) is 23.7. The first kappa shape index (κ1) is 21.5. The summed E-state index contributed by atoms with van der Waals surface area (Å²) >= 11 is 0. The van der Waals surface area contributed by atoms with E-state index in [0.29, 0.717) is 6.54 Å². The highest BCUT2D eigenvalue weighted by molar-refractivity contribution is 5.90. The van der Waals surface area contributed by atoms with E-state index < -0.39 is 17.4 Å². The molecule has 6 heteroatoms. The van der Waals surface area contributed by atoms with Crippen molar-refractivity contribution in [3.63, 3.8) is 0 Å². The van der Waals surface area contributed by atoms with Crippen molar-refractivity contribution in [3.05, 3.63) is 41.5 Å². The predicted octanol–water partition coefficient (Wildman–Crippen LogP) is 3.89. The van der Waals surface area contributed by atoms with Crippen LogP contribution in [0.15, 0.2) is 30.3 Å². The van der Waals surface area contributed by atoms with Crippen molar-refractivity contribution < 1.29 is 19.9 Å². The lowest BCUT2D eigenvalue weighted by molar-refractivity contribution is -0.152. The SMILES string of the molecule is O=C(/C=C/c1ccc(CN[C@@](C(=O)O)(C2CCCCC2)C2CCCC2)cc1)NO. The number of carbonyl (C=O) groups is 2. The minimum atomic E-state index is -0.839. The first-order valence-electron chi connectivity index (χ1n) is 10.8. The van der Waals surface area contributed by atoms with Crippen LogP contribution in [0.3, 0.4) is 0 Å². The zero-order valence-corrected chi connectivity index (χ0v) is 16.9. The number of hydrogen-bond donors (Lipinski definition) is 4. The van der Waals surface area contributed by atoms with Gasteiger partial charge >= 0.3 is 5.97 Å². The molecule has 2 saturated carbocycles. The Hall–Kier alpha value is -2.18. The van der Waals surface area contributed by atoms with Crippen LogP contribution in [0.1, 0.15) is 68.9 Å². The molecule has 2 aliphatic rings. The summed E-state index contributed by atoms with van der Waals surface area (Å²) in [6.07, 6.45) is 12.5. The maximum Gasteiger partial charge on any atom is 0.324 e. The maximum absolute atomic E-state index is 12.6. The lowest BCUT2D eigenvalue weighted by Gasteiger charge is -2.44. The molecule has 6 nitrogen and oxygen atoms in total. The van der Waals surface area contributed by atoms with Gasteiger partial charge in [-0.2, -0.15) is 0 Å². The van der Waals surface area contributed by atoms with Crippen molar-refractivity contribution in [1.82, 2.24) is 10.8 Å². The van der Waals surface area contributed by atoms with Crippen molar-refractivity contribution >= 4 is 18.0 Å². The highest BCUT2D eigenvalue weighted by atomic mass is 16.5. The number of nitrogens with one attached hydrogen (secondary N) is 2. The van der Waals surface area contributed by atoms with Crippen LogP contribution in [0.2, 0.25) is 0 Å². The summed E-state index contributed by atoms with van der Waals surface area (Å²) in [6, 6.07) is 7.67. The molecule has 0 aliphatic heterocycles. The first-order chi connectivity index (χ1) is 14.1. The molecule has 0 spiro atoms. The van der Waals surface area contributed by atoms with Crippen LogP contribution in [0.25, 0.3) is 6.08 Å². The van der Waals surface area contributed by atoms with Crippen LogP contribution in [-0.2, 0) is 16.1 Å². The molecule has 3 rings (SSSR count). The Morgan fingerprint density at radius 3 is 2.03 bits per heavy atom. The third-order valence-corrected chi connectivity index (χ3v) is 6.70. The molecule has 0 heterocycles. The van der Waals surface area contributed by atoms with Gasteiger partial charge < -0.3 is 5.11 Å². The first-order valence-corrected chi connectivity index (χ1v) is 10.8. The molecule has 4 N–H and O–H groups in total. The molecule has 1 amide bonds. The average Bonchev–Trinajstić information content (AvgIpc) is 3.29. The van der Waals surface area contributed by atoms with E-state index in [0.717, 1.165) is 62.5 Å². The molecule has 1 aromatic carbocycles. The lowest BCUT2D eigenvalue weighted by atomic mass is 9.67. The second kappa shape index (κ2) is 10.0. The van der Waals surface area contributed by atoms with Gasteiger partial charge in [-0.25, -0.2) is 5.48 Å². The summed E-state index contributed by atoms with van der Waals surface area (Å²) in [7, 11) is 0. The van der Waals surface area contributed by atoms with Gasteiger partial charge in [-0.1, -0.05) is 56.4 Å². The highest BCUT2D eigenvalue weighted by Gasteiger charge is 2.51. The van der Waals surface area contributed by atoms with Crippen molar-refractivity contribution in [1.29, 1.82) is 0 Å². The van der Waals surface area contributed by atoms with E-state index in [1.165, 1.54) is 12.5 Å². The molecular weight excluding hydrogens is 368 g/mol. The molecule has 0 aromatic heterocycles. The van der Waals surface area contributed by atoms with Crippen LogP contribution >= 0.6 is 0 Å². The largest absolute Gasteiger partial charge is 0.480 e. The Morgan fingerprint density at radius 1 is 0.966 bits per heavy atom. The van der Waals surface area contributed by atoms with E-state index in [2.05, 4.69) is 5.32 Å². The fraction of sp³-hybridized carbons (Fsp3) is 0.565. The molecule has 1 atom stereocenters. The molecule has 1 aromatic rings. The second-order valence-electron chi connectivity index (χ2n) is 8.40. The number of carboxylic acids is 1. The van der Waals surface area contributed by atoms with Crippen molar-refractivity contribution in [2.24, 2.45) is 11.8 Å². The monoisotopic (exact) mass is 400 g/mol. The van der Waals surface area contributed by atoms with Gasteiger partial charge in [0.2, 0.25) is 0 Å². The van der Waals surface area contributed by atoms with Crippen LogP contribution in [0.5, 0.6) is 0 Å². The van der Waals surface area contributed by atoms with Crippen LogP contribution in [-0.4, -0.2) is 27.7 Å². The Kier molecular flexibility index (Phi) is 7.45. The third-order valence-electron chi connectivity index (χ3n) is 6.70. The fourth-order valence-electron chi connectivity index (χ4n) is 5.19. The Morgan fingerprint density at radius 2 is 1.52 bits per heavy atom. The molecule has 158 valence electrons. The summed E-state index contributed by atoms with van der Waals surface area (Å²) in [5.41, 5.74) is 2.58. The van der Waals surface area contributed by atoms with Gasteiger partial charge in [0.15, 0.2) is 0 Å². The molecular formula is C23H32N2O4. The van der Waals surface area contributed by atoms with Crippen LogP contribution in [0, 0.1) is 11.8 Å². The van der Waals surface area contributed by atoms with E-state index in [1.807, 2.05) is 24.3 Å². The van der Waals surface area contributed by atoms with Gasteiger partial charge in [0, 0.05) is 12.6 Å². The highest BCUT2D eigenvalue weighted by Crippen LogP contribution is 2.44. The van der Waals surface area contributed by atoms with Gasteiger partial charge in [0.05, 0.1) is 0 Å². The lowest BCUT2D eigenvalue weighted by Crippen LogP contribution is -2.61. The number of hydroxylamine groups is 1. The van der Waals surface area contributed by atoms with Gasteiger partial charge in [0.25, 0.3) is 5.91 Å². The molecule has 2 fully saturated rings. The molecule has 0 saturated heterocycles.